The quantitative estimate of drug-likeness (QED) is 0.699. The van der Waals surface area contributed by atoms with Gasteiger partial charge < -0.3 is 14.6 Å². The third-order valence-corrected chi connectivity index (χ3v) is 5.37. The van der Waals surface area contributed by atoms with E-state index in [1.54, 1.807) is 37.4 Å². The summed E-state index contributed by atoms with van der Waals surface area (Å²) in [5.41, 5.74) is 3.23. The number of fused-ring (bicyclic) bond motifs is 3. The van der Waals surface area contributed by atoms with Gasteiger partial charge in [0, 0.05) is 23.1 Å². The van der Waals surface area contributed by atoms with E-state index in [0.717, 1.165) is 22.6 Å². The number of hydrogen-bond donors (Lipinski definition) is 1. The molecular weight excluding hydrogens is 371 g/mol. The van der Waals surface area contributed by atoms with Gasteiger partial charge in [-0.25, -0.2) is 9.40 Å². The van der Waals surface area contributed by atoms with Crippen LogP contribution in [0.15, 0.2) is 71.8 Å². The SMILES string of the molecule is COc1ccc(O)c(C2=NN3[C@@H](c4ccc(F)cc4)Oc4ccccc4[C@@H]3C2)c1. The number of phenolic OH excluding ortho intramolecular Hbond substituents is 1. The van der Waals surface area contributed by atoms with E-state index in [9.17, 15) is 9.50 Å². The zero-order chi connectivity index (χ0) is 20.0. The molecular formula is C23H19FN2O3. The smallest absolute Gasteiger partial charge is 0.213 e. The van der Waals surface area contributed by atoms with Gasteiger partial charge in [-0.2, -0.15) is 5.10 Å². The van der Waals surface area contributed by atoms with Crippen molar-refractivity contribution in [1.29, 1.82) is 0 Å². The molecule has 29 heavy (non-hydrogen) atoms. The Hall–Kier alpha value is -3.54. The van der Waals surface area contributed by atoms with E-state index < -0.39 is 6.23 Å². The Kier molecular flexibility index (Phi) is 4.12. The molecule has 6 heteroatoms. The van der Waals surface area contributed by atoms with Gasteiger partial charge in [-0.15, -0.1) is 0 Å². The van der Waals surface area contributed by atoms with Crippen LogP contribution in [0, 0.1) is 5.82 Å². The van der Waals surface area contributed by atoms with Crippen LogP contribution >= 0.6 is 0 Å². The average molecular weight is 390 g/mol. The van der Waals surface area contributed by atoms with E-state index in [-0.39, 0.29) is 17.6 Å². The lowest BCUT2D eigenvalue weighted by molar-refractivity contribution is -0.0190. The van der Waals surface area contributed by atoms with Crippen molar-refractivity contribution < 1.29 is 19.0 Å². The number of benzene rings is 3. The van der Waals surface area contributed by atoms with Crippen molar-refractivity contribution in [2.24, 2.45) is 5.10 Å². The maximum absolute atomic E-state index is 13.4. The van der Waals surface area contributed by atoms with Crippen LogP contribution in [-0.4, -0.2) is 22.9 Å². The zero-order valence-corrected chi connectivity index (χ0v) is 15.7. The van der Waals surface area contributed by atoms with Gasteiger partial charge in [0.2, 0.25) is 6.23 Å². The highest BCUT2D eigenvalue weighted by Crippen LogP contribution is 2.48. The van der Waals surface area contributed by atoms with Gasteiger partial charge in [-0.05, 0) is 36.4 Å². The second-order valence-electron chi connectivity index (χ2n) is 7.09. The fourth-order valence-electron chi connectivity index (χ4n) is 3.92. The van der Waals surface area contributed by atoms with E-state index in [2.05, 4.69) is 0 Å². The Morgan fingerprint density at radius 3 is 2.69 bits per heavy atom. The lowest BCUT2D eigenvalue weighted by atomic mass is 9.95. The van der Waals surface area contributed by atoms with Crippen LogP contribution in [-0.2, 0) is 0 Å². The summed E-state index contributed by atoms with van der Waals surface area (Å²) in [6.45, 7) is 0. The number of hydrogen-bond acceptors (Lipinski definition) is 5. The minimum absolute atomic E-state index is 0.0457. The molecule has 2 atom stereocenters. The molecule has 0 amide bonds. The number of aromatic hydroxyl groups is 1. The van der Waals surface area contributed by atoms with E-state index in [4.69, 9.17) is 14.6 Å². The Bertz CT molecular complexity index is 1100. The first-order valence-electron chi connectivity index (χ1n) is 9.38. The molecule has 0 saturated heterocycles. The first-order chi connectivity index (χ1) is 14.1. The van der Waals surface area contributed by atoms with Gasteiger partial charge in [0.25, 0.3) is 0 Å². The normalized spacial score (nSPS) is 19.8. The predicted molar refractivity (Wildman–Crippen MR) is 107 cm³/mol. The Balaban J connectivity index is 1.60. The number of halogens is 1. The molecule has 146 valence electrons. The largest absolute Gasteiger partial charge is 0.507 e. The van der Waals surface area contributed by atoms with Crippen LogP contribution in [0.25, 0.3) is 0 Å². The lowest BCUT2D eigenvalue weighted by Gasteiger charge is -2.38. The number of nitrogens with zero attached hydrogens (tertiary/aromatic N) is 2. The van der Waals surface area contributed by atoms with E-state index in [1.165, 1.54) is 12.1 Å². The summed E-state index contributed by atoms with van der Waals surface area (Å²) in [5.74, 6) is 1.29. The molecule has 2 heterocycles. The Morgan fingerprint density at radius 1 is 1.10 bits per heavy atom. The molecule has 0 spiro atoms. The van der Waals surface area contributed by atoms with Crippen molar-refractivity contribution in [3.8, 4) is 17.2 Å². The molecule has 5 rings (SSSR count). The molecule has 1 N–H and O–H groups in total. The number of methoxy groups -OCH3 is 1. The van der Waals surface area contributed by atoms with Crippen LogP contribution in [0.3, 0.4) is 0 Å². The van der Waals surface area contributed by atoms with Crippen LogP contribution < -0.4 is 9.47 Å². The van der Waals surface area contributed by atoms with Gasteiger partial charge >= 0.3 is 0 Å². The van der Waals surface area contributed by atoms with E-state index in [0.29, 0.717) is 17.7 Å². The van der Waals surface area contributed by atoms with Crippen molar-refractivity contribution in [3.63, 3.8) is 0 Å². The first kappa shape index (κ1) is 17.6. The first-order valence-corrected chi connectivity index (χ1v) is 9.38. The second-order valence-corrected chi connectivity index (χ2v) is 7.09. The Morgan fingerprint density at radius 2 is 1.90 bits per heavy atom. The fourth-order valence-corrected chi connectivity index (χ4v) is 3.92. The second kappa shape index (κ2) is 6.81. The number of rotatable bonds is 3. The maximum atomic E-state index is 13.4. The summed E-state index contributed by atoms with van der Waals surface area (Å²) >= 11 is 0. The number of phenols is 1. The summed E-state index contributed by atoms with van der Waals surface area (Å²) < 4.78 is 25.0. The van der Waals surface area contributed by atoms with Crippen molar-refractivity contribution in [2.75, 3.05) is 7.11 Å². The minimum Gasteiger partial charge on any atom is -0.507 e. The molecule has 0 bridgehead atoms. The molecule has 3 aromatic carbocycles. The maximum Gasteiger partial charge on any atom is 0.213 e. The van der Waals surface area contributed by atoms with Crippen LogP contribution in [0.5, 0.6) is 17.2 Å². The highest BCUT2D eigenvalue weighted by Gasteiger charge is 2.41. The summed E-state index contributed by atoms with van der Waals surface area (Å²) in [4.78, 5) is 0. The van der Waals surface area contributed by atoms with Gasteiger partial charge in [-0.1, -0.05) is 30.3 Å². The zero-order valence-electron chi connectivity index (χ0n) is 15.7. The third-order valence-electron chi connectivity index (χ3n) is 5.37. The molecule has 2 aliphatic heterocycles. The third kappa shape index (κ3) is 2.97. The summed E-state index contributed by atoms with van der Waals surface area (Å²) in [7, 11) is 1.59. The monoisotopic (exact) mass is 390 g/mol. The van der Waals surface area contributed by atoms with Crippen molar-refractivity contribution in [1.82, 2.24) is 5.01 Å². The van der Waals surface area contributed by atoms with E-state index >= 15 is 0 Å². The molecule has 5 nitrogen and oxygen atoms in total. The molecule has 0 unspecified atom stereocenters. The van der Waals surface area contributed by atoms with Crippen molar-refractivity contribution >= 4 is 5.71 Å². The van der Waals surface area contributed by atoms with Crippen LogP contribution in [0.2, 0.25) is 0 Å². The number of hydrazone groups is 1. The molecule has 3 aromatic rings. The molecule has 0 aromatic heterocycles. The molecule has 2 aliphatic rings. The molecule has 0 aliphatic carbocycles. The minimum atomic E-state index is -0.485. The standard InChI is InChI=1S/C23H19FN2O3/c1-28-16-10-11-21(27)18(12-16)19-13-20-17-4-2-3-5-22(17)29-23(26(20)25-19)14-6-8-15(24)9-7-14/h2-12,20,23,27H,13H2,1H3/t20-,23+/m0/s1. The fraction of sp³-hybridized carbons (Fsp3) is 0.174. The lowest BCUT2D eigenvalue weighted by Crippen LogP contribution is -2.33. The van der Waals surface area contributed by atoms with Gasteiger partial charge in [-0.3, -0.25) is 0 Å². The topological polar surface area (TPSA) is 54.3 Å². The summed E-state index contributed by atoms with van der Waals surface area (Å²) in [5, 5.41) is 17.1. The molecule has 0 fully saturated rings. The van der Waals surface area contributed by atoms with Crippen molar-refractivity contribution in [3.05, 3.63) is 89.2 Å². The summed E-state index contributed by atoms with van der Waals surface area (Å²) in [6.07, 6.45) is 0.125. The van der Waals surface area contributed by atoms with Gasteiger partial charge in [0.1, 0.15) is 23.1 Å². The predicted octanol–water partition coefficient (Wildman–Crippen LogP) is 4.78. The Labute approximate surface area is 167 Å². The van der Waals surface area contributed by atoms with Crippen LogP contribution in [0.1, 0.15) is 35.4 Å². The van der Waals surface area contributed by atoms with Crippen molar-refractivity contribution in [2.45, 2.75) is 18.7 Å². The van der Waals surface area contributed by atoms with Gasteiger partial charge in [0.15, 0.2) is 0 Å². The average Bonchev–Trinajstić information content (AvgIpc) is 3.20. The summed E-state index contributed by atoms with van der Waals surface area (Å²) in [6, 6.07) is 19.2. The van der Waals surface area contributed by atoms with Crippen LogP contribution in [0.4, 0.5) is 4.39 Å². The number of ether oxygens (including phenoxy) is 2. The van der Waals surface area contributed by atoms with Gasteiger partial charge in [0.05, 0.1) is 18.9 Å². The van der Waals surface area contributed by atoms with E-state index in [1.807, 2.05) is 29.3 Å². The molecule has 0 radical (unpaired) electrons. The highest BCUT2D eigenvalue weighted by molar-refractivity contribution is 6.04. The highest BCUT2D eigenvalue weighted by atomic mass is 19.1. The molecule has 0 saturated carbocycles. The number of para-hydroxylation sites is 1.